The number of pyridine rings is 1. The Kier molecular flexibility index (Phi) is 5.78. The van der Waals surface area contributed by atoms with Gasteiger partial charge in [-0.05, 0) is 36.8 Å². The van der Waals surface area contributed by atoms with Crippen LogP contribution in [0.15, 0.2) is 72.8 Å². The van der Waals surface area contributed by atoms with Gasteiger partial charge in [-0.1, -0.05) is 60.7 Å². The zero-order valence-electron chi connectivity index (χ0n) is 14.6. The fraction of sp³-hybridized carbons (Fsp3) is 0.0909. The normalized spacial score (nSPS) is 10.7. The van der Waals surface area contributed by atoms with Gasteiger partial charge in [-0.3, -0.25) is 0 Å². The third kappa shape index (κ3) is 4.57. The molecule has 3 aromatic rings. The Morgan fingerprint density at radius 2 is 1.65 bits per heavy atom. The minimum absolute atomic E-state index is 0.280. The highest BCUT2D eigenvalue weighted by Gasteiger charge is 2.11. The zero-order valence-corrected chi connectivity index (χ0v) is 14.6. The van der Waals surface area contributed by atoms with Crippen LogP contribution in [-0.2, 0) is 4.74 Å². The smallest absolute Gasteiger partial charge is 0.356 e. The number of nitrogens with zero attached hydrogens (tertiary/aromatic N) is 1. The first kappa shape index (κ1) is 17.4. The number of para-hydroxylation sites is 1. The van der Waals surface area contributed by atoms with Gasteiger partial charge in [-0.2, -0.15) is 0 Å². The average Bonchev–Trinajstić information content (AvgIpc) is 2.69. The lowest BCUT2D eigenvalue weighted by Gasteiger charge is -2.10. The van der Waals surface area contributed by atoms with E-state index < -0.39 is 5.97 Å². The van der Waals surface area contributed by atoms with Crippen LogP contribution in [0.1, 0.15) is 28.5 Å². The number of rotatable bonds is 6. The van der Waals surface area contributed by atoms with Crippen molar-refractivity contribution in [3.8, 4) is 0 Å². The van der Waals surface area contributed by atoms with Crippen LogP contribution in [0.2, 0.25) is 0 Å². The molecular formula is C22H20N2O2. The lowest BCUT2D eigenvalue weighted by Crippen LogP contribution is -2.09. The Hall–Kier alpha value is -3.40. The maximum atomic E-state index is 12.0. The number of nitrogens with one attached hydrogen (secondary N) is 1. The van der Waals surface area contributed by atoms with Crippen LogP contribution < -0.4 is 5.32 Å². The second-order valence-electron chi connectivity index (χ2n) is 5.59. The van der Waals surface area contributed by atoms with Gasteiger partial charge in [-0.15, -0.1) is 0 Å². The Bertz CT molecular complexity index is 891. The molecule has 0 saturated carbocycles. The molecule has 0 aliphatic rings. The first-order chi connectivity index (χ1) is 12.8. The SMILES string of the molecule is CCOC(=O)c1ccc(/C=C/c2ccccc2)c(Nc2ccccc2)n1. The molecule has 4 heteroatoms. The molecule has 0 bridgehead atoms. The van der Waals surface area contributed by atoms with E-state index in [2.05, 4.69) is 10.3 Å². The Labute approximate surface area is 153 Å². The van der Waals surface area contributed by atoms with E-state index in [1.807, 2.05) is 78.9 Å². The average molecular weight is 344 g/mol. The van der Waals surface area contributed by atoms with Crippen LogP contribution in [0.5, 0.6) is 0 Å². The molecule has 0 atom stereocenters. The molecule has 3 rings (SSSR count). The van der Waals surface area contributed by atoms with Crippen LogP contribution in [0.3, 0.4) is 0 Å². The van der Waals surface area contributed by atoms with Crippen molar-refractivity contribution in [1.82, 2.24) is 4.98 Å². The largest absolute Gasteiger partial charge is 0.461 e. The molecule has 26 heavy (non-hydrogen) atoms. The van der Waals surface area contributed by atoms with Gasteiger partial charge in [0.25, 0.3) is 0 Å². The van der Waals surface area contributed by atoms with Gasteiger partial charge in [0.2, 0.25) is 0 Å². The molecule has 1 N–H and O–H groups in total. The van der Waals surface area contributed by atoms with E-state index in [4.69, 9.17) is 4.74 Å². The second kappa shape index (κ2) is 8.62. The van der Waals surface area contributed by atoms with Crippen LogP contribution >= 0.6 is 0 Å². The fourth-order valence-electron chi connectivity index (χ4n) is 2.43. The van der Waals surface area contributed by atoms with Crippen LogP contribution in [0.4, 0.5) is 11.5 Å². The van der Waals surface area contributed by atoms with Gasteiger partial charge in [0.05, 0.1) is 6.61 Å². The number of benzene rings is 2. The molecule has 0 amide bonds. The summed E-state index contributed by atoms with van der Waals surface area (Å²) in [5.74, 6) is 0.177. The summed E-state index contributed by atoms with van der Waals surface area (Å²) in [5.41, 5.74) is 3.15. The van der Waals surface area contributed by atoms with E-state index >= 15 is 0 Å². The number of carbonyl (C=O) groups excluding carboxylic acids is 1. The first-order valence-corrected chi connectivity index (χ1v) is 8.49. The summed E-state index contributed by atoms with van der Waals surface area (Å²) < 4.78 is 5.06. The molecule has 0 aliphatic carbocycles. The standard InChI is InChI=1S/C22H20N2O2/c1-2-26-22(25)20-16-15-18(14-13-17-9-5-3-6-10-17)21(24-20)23-19-11-7-4-8-12-19/h3-16H,2H2,1H3,(H,23,24)/b14-13+. The van der Waals surface area contributed by atoms with E-state index in [-0.39, 0.29) is 5.69 Å². The van der Waals surface area contributed by atoms with E-state index in [0.717, 1.165) is 16.8 Å². The summed E-state index contributed by atoms with van der Waals surface area (Å²) in [6.07, 6.45) is 3.99. The summed E-state index contributed by atoms with van der Waals surface area (Å²) in [4.78, 5) is 16.5. The van der Waals surface area contributed by atoms with Crippen molar-refractivity contribution in [2.75, 3.05) is 11.9 Å². The molecular weight excluding hydrogens is 324 g/mol. The molecule has 0 unspecified atom stereocenters. The van der Waals surface area contributed by atoms with Crippen molar-refractivity contribution in [2.24, 2.45) is 0 Å². The number of carbonyl (C=O) groups is 1. The number of esters is 1. The van der Waals surface area contributed by atoms with Crippen LogP contribution in [0.25, 0.3) is 12.2 Å². The summed E-state index contributed by atoms with van der Waals surface area (Å²) in [5, 5.41) is 3.28. The quantitative estimate of drug-likeness (QED) is 0.627. The van der Waals surface area contributed by atoms with Gasteiger partial charge in [0.15, 0.2) is 5.69 Å². The predicted octanol–water partition coefficient (Wildman–Crippen LogP) is 5.17. The molecule has 1 heterocycles. The van der Waals surface area contributed by atoms with Crippen molar-refractivity contribution < 1.29 is 9.53 Å². The number of hydrogen-bond donors (Lipinski definition) is 1. The maximum absolute atomic E-state index is 12.0. The highest BCUT2D eigenvalue weighted by Crippen LogP contribution is 2.22. The fourth-order valence-corrected chi connectivity index (χ4v) is 2.43. The lowest BCUT2D eigenvalue weighted by atomic mass is 10.1. The van der Waals surface area contributed by atoms with Gasteiger partial charge in [0.1, 0.15) is 5.82 Å². The number of ether oxygens (including phenoxy) is 1. The molecule has 2 aromatic carbocycles. The summed E-state index contributed by atoms with van der Waals surface area (Å²) >= 11 is 0. The third-order valence-electron chi connectivity index (χ3n) is 3.70. The van der Waals surface area contributed by atoms with Crippen molar-refractivity contribution in [3.05, 3.63) is 89.6 Å². The van der Waals surface area contributed by atoms with Gasteiger partial charge in [-0.25, -0.2) is 9.78 Å². The first-order valence-electron chi connectivity index (χ1n) is 8.49. The zero-order chi connectivity index (χ0) is 18.2. The van der Waals surface area contributed by atoms with Gasteiger partial charge in [0, 0.05) is 11.3 Å². The topological polar surface area (TPSA) is 51.2 Å². The second-order valence-corrected chi connectivity index (χ2v) is 5.59. The van der Waals surface area contributed by atoms with Crippen LogP contribution in [-0.4, -0.2) is 17.6 Å². The molecule has 0 saturated heterocycles. The maximum Gasteiger partial charge on any atom is 0.356 e. The van der Waals surface area contributed by atoms with E-state index in [1.54, 1.807) is 13.0 Å². The molecule has 0 radical (unpaired) electrons. The third-order valence-corrected chi connectivity index (χ3v) is 3.70. The summed E-state index contributed by atoms with van der Waals surface area (Å²) in [6.45, 7) is 2.09. The molecule has 4 nitrogen and oxygen atoms in total. The van der Waals surface area contributed by atoms with Crippen molar-refractivity contribution in [3.63, 3.8) is 0 Å². The Morgan fingerprint density at radius 3 is 2.35 bits per heavy atom. The molecule has 0 fully saturated rings. The van der Waals surface area contributed by atoms with Gasteiger partial charge < -0.3 is 10.1 Å². The van der Waals surface area contributed by atoms with Crippen molar-refractivity contribution in [2.45, 2.75) is 6.92 Å². The Balaban J connectivity index is 1.94. The van der Waals surface area contributed by atoms with E-state index in [9.17, 15) is 4.79 Å². The Morgan fingerprint density at radius 1 is 0.962 bits per heavy atom. The molecule has 1 aromatic heterocycles. The highest BCUT2D eigenvalue weighted by atomic mass is 16.5. The van der Waals surface area contributed by atoms with E-state index in [1.165, 1.54) is 0 Å². The van der Waals surface area contributed by atoms with Gasteiger partial charge >= 0.3 is 5.97 Å². The monoisotopic (exact) mass is 344 g/mol. The summed E-state index contributed by atoms with van der Waals surface area (Å²) in [6, 6.07) is 23.3. The minimum atomic E-state index is -0.429. The molecule has 130 valence electrons. The number of anilines is 2. The highest BCUT2D eigenvalue weighted by molar-refractivity contribution is 5.89. The van der Waals surface area contributed by atoms with Crippen molar-refractivity contribution in [1.29, 1.82) is 0 Å². The minimum Gasteiger partial charge on any atom is -0.461 e. The lowest BCUT2D eigenvalue weighted by molar-refractivity contribution is 0.0519. The number of aromatic nitrogens is 1. The van der Waals surface area contributed by atoms with Crippen LogP contribution in [0, 0.1) is 0 Å². The molecule has 0 spiro atoms. The predicted molar refractivity (Wildman–Crippen MR) is 105 cm³/mol. The van der Waals surface area contributed by atoms with Crippen molar-refractivity contribution >= 4 is 29.6 Å². The van der Waals surface area contributed by atoms with E-state index in [0.29, 0.717) is 12.4 Å². The molecule has 0 aliphatic heterocycles. The summed E-state index contributed by atoms with van der Waals surface area (Å²) in [7, 11) is 0. The number of hydrogen-bond acceptors (Lipinski definition) is 4.